The van der Waals surface area contributed by atoms with E-state index in [0.717, 1.165) is 34.4 Å². The molecule has 0 spiro atoms. The Balaban J connectivity index is 1.42. The first kappa shape index (κ1) is 44.1. The molecule has 3 saturated carbocycles. The monoisotopic (exact) mass is 787 g/mol. The molecule has 3 aliphatic rings. The Labute approximate surface area is 339 Å². The van der Waals surface area contributed by atoms with E-state index in [1.807, 2.05) is 105 Å². The Hall–Kier alpha value is -4.04. The number of rotatable bonds is 19. The van der Waals surface area contributed by atoms with Gasteiger partial charge in [0.25, 0.3) is 5.91 Å². The van der Waals surface area contributed by atoms with E-state index in [0.29, 0.717) is 47.4 Å². The summed E-state index contributed by atoms with van der Waals surface area (Å²) in [6, 6.07) is 20.3. The second-order valence-electron chi connectivity index (χ2n) is 17.3. The molecule has 12 heteroatoms. The number of hydrogen-bond donors (Lipinski definition) is 5. The third-order valence-corrected chi connectivity index (χ3v) is 12.2. The van der Waals surface area contributed by atoms with Crippen LogP contribution in [0.25, 0.3) is 11.1 Å². The standard InChI is InChI=1S/C45H66N6O6/c1-28(52)18-36(24-46)57-51(27-41(53)47-39-23-34-22-38(29(39)2)45(34,3)4)25-31-16-13-17-37(43(31)56-9)32-19-33(21-35(20-32)50(7)8)44(55)48-40(26-49(5)6)42(54)30-14-11-10-12-15-30/h10-17,19-21,28-29,34,36,38-40,42,52,54H,18,22-27,46H2,1-9H3,(H,47,53)(H,48,55)/t28-,29-,34+,36+,38-,39-,40+,42+/m0/s1. The lowest BCUT2D eigenvalue weighted by Gasteiger charge is -2.62. The topological polar surface area (TPSA) is 153 Å². The number of fused-ring (bicyclic) bond motifs is 2. The average Bonchev–Trinajstić information content (AvgIpc) is 3.17. The van der Waals surface area contributed by atoms with Crippen LogP contribution in [0.15, 0.2) is 66.7 Å². The maximum Gasteiger partial charge on any atom is 0.251 e. The molecule has 0 heterocycles. The third kappa shape index (κ3) is 10.7. The molecule has 2 bridgehead atoms. The van der Waals surface area contributed by atoms with Crippen LogP contribution in [0.5, 0.6) is 5.75 Å². The van der Waals surface area contributed by atoms with Gasteiger partial charge in [0, 0.05) is 62.0 Å². The third-order valence-electron chi connectivity index (χ3n) is 12.2. The predicted octanol–water partition coefficient (Wildman–Crippen LogP) is 4.84. The summed E-state index contributed by atoms with van der Waals surface area (Å²) in [7, 11) is 9.25. The van der Waals surface area contributed by atoms with Crippen molar-refractivity contribution in [3.05, 3.63) is 83.4 Å². The molecule has 0 radical (unpaired) electrons. The minimum atomic E-state index is -0.915. The number of nitrogens with zero attached hydrogens (tertiary/aromatic N) is 3. The van der Waals surface area contributed by atoms with Crippen molar-refractivity contribution in [2.24, 2.45) is 28.9 Å². The number of nitrogens with two attached hydrogens (primary N) is 1. The first-order chi connectivity index (χ1) is 27.0. The zero-order valence-corrected chi connectivity index (χ0v) is 35.4. The van der Waals surface area contributed by atoms with Crippen molar-refractivity contribution in [2.45, 2.75) is 83.9 Å². The molecule has 2 amide bonds. The molecule has 57 heavy (non-hydrogen) atoms. The highest BCUT2D eigenvalue weighted by atomic mass is 16.7. The van der Waals surface area contributed by atoms with Gasteiger partial charge in [-0.25, -0.2) is 0 Å². The molecule has 0 aliphatic heterocycles. The Morgan fingerprint density at radius 2 is 1.72 bits per heavy atom. The summed E-state index contributed by atoms with van der Waals surface area (Å²) < 4.78 is 6.09. The van der Waals surface area contributed by atoms with E-state index >= 15 is 0 Å². The summed E-state index contributed by atoms with van der Waals surface area (Å²) >= 11 is 0. The molecular weight excluding hydrogens is 721 g/mol. The number of hydroxylamine groups is 2. The minimum Gasteiger partial charge on any atom is -0.496 e. The number of carbonyl (C=O) groups excluding carboxylic acids is 2. The molecule has 3 aromatic rings. The molecule has 12 nitrogen and oxygen atoms in total. The second kappa shape index (κ2) is 19.1. The van der Waals surface area contributed by atoms with Crippen LogP contribution in [0.2, 0.25) is 0 Å². The van der Waals surface area contributed by atoms with Crippen LogP contribution in [0, 0.1) is 23.2 Å². The Morgan fingerprint density at radius 1 is 1.00 bits per heavy atom. The van der Waals surface area contributed by atoms with Gasteiger partial charge in [0.2, 0.25) is 5.91 Å². The van der Waals surface area contributed by atoms with Gasteiger partial charge in [0.1, 0.15) is 18.4 Å². The number of benzene rings is 3. The van der Waals surface area contributed by atoms with Gasteiger partial charge < -0.3 is 41.1 Å². The summed E-state index contributed by atoms with van der Waals surface area (Å²) in [5, 5.41) is 29.6. The average molecular weight is 787 g/mol. The minimum absolute atomic E-state index is 0.0327. The van der Waals surface area contributed by atoms with Crippen LogP contribution in [0.4, 0.5) is 5.69 Å². The van der Waals surface area contributed by atoms with E-state index in [2.05, 4.69) is 31.4 Å². The maximum atomic E-state index is 14.0. The molecule has 0 saturated heterocycles. The van der Waals surface area contributed by atoms with Gasteiger partial charge in [-0.3, -0.25) is 14.4 Å². The van der Waals surface area contributed by atoms with Crippen molar-refractivity contribution in [1.82, 2.24) is 20.6 Å². The quantitative estimate of drug-likeness (QED) is 0.107. The van der Waals surface area contributed by atoms with Crippen LogP contribution in [0.1, 0.15) is 74.5 Å². The van der Waals surface area contributed by atoms with Gasteiger partial charge in [-0.05, 0) is 86.4 Å². The number of para-hydroxylation sites is 1. The van der Waals surface area contributed by atoms with Crippen LogP contribution >= 0.6 is 0 Å². The van der Waals surface area contributed by atoms with Gasteiger partial charge in [0.15, 0.2) is 0 Å². The Bertz CT molecular complexity index is 1800. The highest BCUT2D eigenvalue weighted by Gasteiger charge is 2.56. The molecule has 312 valence electrons. The van der Waals surface area contributed by atoms with E-state index in [-0.39, 0.29) is 37.5 Å². The summed E-state index contributed by atoms with van der Waals surface area (Å²) in [4.78, 5) is 38.0. The fourth-order valence-corrected chi connectivity index (χ4v) is 8.93. The normalized spacial score (nSPS) is 21.9. The number of methoxy groups -OCH3 is 1. The lowest BCUT2D eigenvalue weighted by atomic mass is 9.45. The molecule has 3 aromatic carbocycles. The number of ether oxygens (including phenoxy) is 1. The van der Waals surface area contributed by atoms with Crippen molar-refractivity contribution in [1.29, 1.82) is 0 Å². The van der Waals surface area contributed by atoms with Gasteiger partial charge >= 0.3 is 0 Å². The number of aliphatic hydroxyl groups is 2. The van der Waals surface area contributed by atoms with Gasteiger partial charge in [-0.1, -0.05) is 69.3 Å². The first-order valence-electron chi connectivity index (χ1n) is 20.3. The number of nitrogens with one attached hydrogen (secondary N) is 2. The molecule has 6 N–H and O–H groups in total. The second-order valence-corrected chi connectivity index (χ2v) is 17.3. The maximum absolute atomic E-state index is 14.0. The zero-order valence-electron chi connectivity index (χ0n) is 35.4. The van der Waals surface area contributed by atoms with Gasteiger partial charge in [-0.2, -0.15) is 5.06 Å². The molecule has 6 rings (SSSR count). The fourth-order valence-electron chi connectivity index (χ4n) is 8.93. The van der Waals surface area contributed by atoms with Crippen LogP contribution < -0.4 is 26.0 Å². The number of anilines is 1. The van der Waals surface area contributed by atoms with Crippen molar-refractivity contribution in [3.8, 4) is 16.9 Å². The van der Waals surface area contributed by atoms with E-state index < -0.39 is 24.4 Å². The molecule has 0 aromatic heterocycles. The van der Waals surface area contributed by atoms with Crippen LogP contribution in [-0.4, -0.2) is 111 Å². The van der Waals surface area contributed by atoms with E-state index in [1.54, 1.807) is 19.1 Å². The molecule has 3 fully saturated rings. The largest absolute Gasteiger partial charge is 0.496 e. The van der Waals surface area contributed by atoms with Crippen molar-refractivity contribution < 1.29 is 29.4 Å². The van der Waals surface area contributed by atoms with Gasteiger partial charge in [0.05, 0.1) is 31.9 Å². The summed E-state index contributed by atoms with van der Waals surface area (Å²) in [5.74, 6) is 1.70. The number of hydrogen-bond acceptors (Lipinski definition) is 10. The van der Waals surface area contributed by atoms with Crippen LogP contribution in [-0.2, 0) is 16.2 Å². The van der Waals surface area contributed by atoms with Crippen molar-refractivity contribution >= 4 is 17.5 Å². The molecule has 3 aliphatic carbocycles. The van der Waals surface area contributed by atoms with Crippen molar-refractivity contribution in [3.63, 3.8) is 0 Å². The van der Waals surface area contributed by atoms with Crippen LogP contribution in [0.3, 0.4) is 0 Å². The fraction of sp³-hybridized carbons (Fsp3) is 0.556. The SMILES string of the molecule is COc1c(CN(CC(=O)N[C@H]2C[C@H]3C[C@@H]([C@@H]2C)C3(C)C)O[C@@H](CN)C[C@H](C)O)cccc1-c1cc(C(=O)N[C@H](CN(C)C)[C@H](O)c2ccccc2)cc(N(C)C)c1. The Morgan fingerprint density at radius 3 is 2.32 bits per heavy atom. The smallest absolute Gasteiger partial charge is 0.251 e. The number of amides is 2. The Kier molecular flexibility index (Phi) is 14.8. The molecule has 0 unspecified atom stereocenters. The van der Waals surface area contributed by atoms with Crippen molar-refractivity contribution in [2.75, 3.05) is 59.8 Å². The number of likely N-dealkylation sites (N-methyl/N-ethyl adjacent to an activating group) is 1. The summed E-state index contributed by atoms with van der Waals surface area (Å²) in [6.45, 7) is 9.39. The predicted molar refractivity (Wildman–Crippen MR) is 226 cm³/mol. The lowest BCUT2D eigenvalue weighted by molar-refractivity contribution is -0.208. The zero-order chi connectivity index (χ0) is 41.6. The highest BCUT2D eigenvalue weighted by molar-refractivity contribution is 5.97. The van der Waals surface area contributed by atoms with E-state index in [1.165, 1.54) is 6.42 Å². The summed E-state index contributed by atoms with van der Waals surface area (Å²) in [5.41, 5.74) is 10.6. The number of aliphatic hydroxyl groups excluding tert-OH is 2. The number of carbonyl (C=O) groups is 2. The van der Waals surface area contributed by atoms with E-state index in [9.17, 15) is 19.8 Å². The highest BCUT2D eigenvalue weighted by Crippen LogP contribution is 2.61. The molecule has 8 atom stereocenters. The van der Waals surface area contributed by atoms with E-state index in [4.69, 9.17) is 15.3 Å². The lowest BCUT2D eigenvalue weighted by Crippen LogP contribution is -2.61. The first-order valence-corrected chi connectivity index (χ1v) is 20.3. The molecular formula is C45H66N6O6. The van der Waals surface area contributed by atoms with Gasteiger partial charge in [-0.15, -0.1) is 0 Å². The summed E-state index contributed by atoms with van der Waals surface area (Å²) in [6.07, 6.45) is 0.437.